The minimum Gasteiger partial charge on any atom is -0.480 e. The lowest BCUT2D eigenvalue weighted by Gasteiger charge is -2.10. The number of anilines is 1. The molecule has 0 radical (unpaired) electrons. The normalized spacial score (nSPS) is 19.1. The van der Waals surface area contributed by atoms with Crippen LogP contribution in [-0.2, 0) is 4.74 Å². The minimum absolute atomic E-state index is 0.223. The quantitative estimate of drug-likeness (QED) is 0.859. The number of methoxy groups -OCH3 is 2. The standard InChI is InChI=1S/C17H17FN2O3/c1-22-16-12(17(21)23-2)7-8-15(20-16)19-14-9-13(14)10-3-5-11(18)6-4-10/h3-8,13-14H,9H2,1-2H3,(H,19,20)/t13-,14+/m0/s1. The molecule has 1 heterocycles. The number of nitrogens with zero attached hydrogens (tertiary/aromatic N) is 1. The predicted molar refractivity (Wildman–Crippen MR) is 83.3 cm³/mol. The zero-order chi connectivity index (χ0) is 16.4. The molecule has 0 saturated heterocycles. The number of hydrogen-bond donors (Lipinski definition) is 1. The molecule has 1 aliphatic rings. The number of benzene rings is 1. The smallest absolute Gasteiger partial charge is 0.343 e. The van der Waals surface area contributed by atoms with Crippen LogP contribution in [0.2, 0.25) is 0 Å². The Balaban J connectivity index is 1.70. The van der Waals surface area contributed by atoms with Crippen LogP contribution in [-0.4, -0.2) is 31.2 Å². The predicted octanol–water partition coefficient (Wildman–Crippen LogP) is 2.98. The number of esters is 1. The van der Waals surface area contributed by atoms with Gasteiger partial charge in [0, 0.05) is 12.0 Å². The molecule has 5 nitrogen and oxygen atoms in total. The van der Waals surface area contributed by atoms with Crippen molar-refractivity contribution in [2.45, 2.75) is 18.4 Å². The molecule has 2 aromatic rings. The molecule has 2 atom stereocenters. The molecule has 0 bridgehead atoms. The summed E-state index contributed by atoms with van der Waals surface area (Å²) in [7, 11) is 2.77. The fraction of sp³-hybridized carbons (Fsp3) is 0.294. The highest BCUT2D eigenvalue weighted by molar-refractivity contribution is 5.92. The zero-order valence-corrected chi connectivity index (χ0v) is 12.9. The Kier molecular flexibility index (Phi) is 4.14. The van der Waals surface area contributed by atoms with Crippen LogP contribution in [0.15, 0.2) is 36.4 Å². The molecular formula is C17H17FN2O3. The summed E-state index contributed by atoms with van der Waals surface area (Å²) in [6.45, 7) is 0. The van der Waals surface area contributed by atoms with Gasteiger partial charge in [-0.2, -0.15) is 4.98 Å². The third-order valence-electron chi connectivity index (χ3n) is 3.88. The number of carbonyl (C=O) groups excluding carboxylic acids is 1. The third-order valence-corrected chi connectivity index (χ3v) is 3.88. The molecule has 0 unspecified atom stereocenters. The molecule has 6 heteroatoms. The van der Waals surface area contributed by atoms with E-state index in [2.05, 4.69) is 15.0 Å². The molecule has 0 amide bonds. The van der Waals surface area contributed by atoms with Gasteiger partial charge in [0.25, 0.3) is 0 Å². The molecule has 1 aromatic heterocycles. The van der Waals surface area contributed by atoms with Crippen molar-refractivity contribution in [3.8, 4) is 5.88 Å². The molecule has 3 rings (SSSR count). The maximum Gasteiger partial charge on any atom is 0.343 e. The second-order valence-corrected chi connectivity index (χ2v) is 5.39. The lowest BCUT2D eigenvalue weighted by Crippen LogP contribution is -2.10. The van der Waals surface area contributed by atoms with Crippen molar-refractivity contribution in [3.05, 3.63) is 53.3 Å². The van der Waals surface area contributed by atoms with Crippen molar-refractivity contribution in [1.29, 1.82) is 0 Å². The molecule has 1 fully saturated rings. The van der Waals surface area contributed by atoms with E-state index in [1.165, 1.54) is 26.4 Å². The van der Waals surface area contributed by atoms with Gasteiger partial charge in [-0.05, 0) is 36.2 Å². The lowest BCUT2D eigenvalue weighted by molar-refractivity contribution is 0.0596. The van der Waals surface area contributed by atoms with Crippen molar-refractivity contribution in [1.82, 2.24) is 4.98 Å². The van der Waals surface area contributed by atoms with Crippen molar-refractivity contribution < 1.29 is 18.7 Å². The number of hydrogen-bond acceptors (Lipinski definition) is 5. The largest absolute Gasteiger partial charge is 0.480 e. The maximum atomic E-state index is 13.0. The van der Waals surface area contributed by atoms with Crippen LogP contribution in [0.4, 0.5) is 10.2 Å². The minimum atomic E-state index is -0.489. The van der Waals surface area contributed by atoms with Crippen LogP contribution in [0.3, 0.4) is 0 Å². The van der Waals surface area contributed by atoms with Gasteiger partial charge in [0.2, 0.25) is 5.88 Å². The highest BCUT2D eigenvalue weighted by atomic mass is 19.1. The maximum absolute atomic E-state index is 13.0. The molecule has 23 heavy (non-hydrogen) atoms. The molecule has 1 saturated carbocycles. The SMILES string of the molecule is COC(=O)c1ccc(N[C@@H]2C[C@H]2c2ccc(F)cc2)nc1OC. The Labute approximate surface area is 133 Å². The number of halogens is 1. The molecule has 120 valence electrons. The van der Waals surface area contributed by atoms with Gasteiger partial charge in [0.15, 0.2) is 0 Å². The summed E-state index contributed by atoms with van der Waals surface area (Å²) >= 11 is 0. The first kappa shape index (κ1) is 15.3. The van der Waals surface area contributed by atoms with E-state index in [-0.39, 0.29) is 23.3 Å². The summed E-state index contributed by atoms with van der Waals surface area (Å²) in [6.07, 6.45) is 0.953. The molecule has 0 spiro atoms. The van der Waals surface area contributed by atoms with E-state index in [0.29, 0.717) is 11.7 Å². The number of aromatic nitrogens is 1. The summed E-state index contributed by atoms with van der Waals surface area (Å²) in [5.74, 6) is 0.467. The Morgan fingerprint density at radius 2 is 1.96 bits per heavy atom. The molecule has 1 N–H and O–H groups in total. The lowest BCUT2D eigenvalue weighted by atomic mass is 10.1. The average molecular weight is 316 g/mol. The number of ether oxygens (including phenoxy) is 2. The first-order valence-electron chi connectivity index (χ1n) is 7.27. The van der Waals surface area contributed by atoms with E-state index < -0.39 is 5.97 Å². The van der Waals surface area contributed by atoms with E-state index in [1.807, 2.05) is 0 Å². The van der Waals surface area contributed by atoms with E-state index >= 15 is 0 Å². The van der Waals surface area contributed by atoms with E-state index in [0.717, 1.165) is 12.0 Å². The van der Waals surface area contributed by atoms with Gasteiger partial charge in [-0.25, -0.2) is 9.18 Å². The summed E-state index contributed by atoms with van der Waals surface area (Å²) in [5.41, 5.74) is 1.38. The van der Waals surface area contributed by atoms with E-state index in [9.17, 15) is 9.18 Å². The van der Waals surface area contributed by atoms with Crippen LogP contribution in [0.5, 0.6) is 5.88 Å². The zero-order valence-electron chi connectivity index (χ0n) is 12.9. The van der Waals surface area contributed by atoms with E-state index in [1.54, 1.807) is 24.3 Å². The fourth-order valence-corrected chi connectivity index (χ4v) is 2.56. The Hall–Kier alpha value is -2.63. The van der Waals surface area contributed by atoms with Crippen LogP contribution in [0.25, 0.3) is 0 Å². The van der Waals surface area contributed by atoms with Gasteiger partial charge in [-0.15, -0.1) is 0 Å². The summed E-state index contributed by atoms with van der Waals surface area (Å²) in [4.78, 5) is 15.9. The number of rotatable bonds is 5. The molecular weight excluding hydrogens is 299 g/mol. The first-order chi connectivity index (χ1) is 11.1. The summed E-state index contributed by atoms with van der Waals surface area (Å²) < 4.78 is 22.8. The monoisotopic (exact) mass is 316 g/mol. The molecule has 0 aliphatic heterocycles. The van der Waals surface area contributed by atoms with Crippen molar-refractivity contribution in [3.63, 3.8) is 0 Å². The fourth-order valence-electron chi connectivity index (χ4n) is 2.56. The second kappa shape index (κ2) is 6.24. The average Bonchev–Trinajstić information content (AvgIpc) is 3.33. The van der Waals surface area contributed by atoms with E-state index in [4.69, 9.17) is 4.74 Å². The number of pyridine rings is 1. The van der Waals surface area contributed by atoms with Crippen LogP contribution < -0.4 is 10.1 Å². The molecule has 1 aromatic carbocycles. The summed E-state index contributed by atoms with van der Waals surface area (Å²) in [6, 6.07) is 10.1. The molecule has 1 aliphatic carbocycles. The van der Waals surface area contributed by atoms with Gasteiger partial charge in [-0.3, -0.25) is 0 Å². The van der Waals surface area contributed by atoms with Gasteiger partial charge in [-0.1, -0.05) is 12.1 Å². The van der Waals surface area contributed by atoms with Crippen LogP contribution in [0, 0.1) is 5.82 Å². The second-order valence-electron chi connectivity index (χ2n) is 5.39. The van der Waals surface area contributed by atoms with Gasteiger partial charge >= 0.3 is 5.97 Å². The summed E-state index contributed by atoms with van der Waals surface area (Å²) in [5, 5.41) is 3.30. The van der Waals surface area contributed by atoms with Gasteiger partial charge in [0.05, 0.1) is 14.2 Å². The Morgan fingerprint density at radius 1 is 1.22 bits per heavy atom. The van der Waals surface area contributed by atoms with Crippen LogP contribution >= 0.6 is 0 Å². The highest BCUT2D eigenvalue weighted by Gasteiger charge is 2.38. The number of nitrogens with one attached hydrogen (secondary N) is 1. The topological polar surface area (TPSA) is 60.5 Å². The Morgan fingerprint density at radius 3 is 2.61 bits per heavy atom. The first-order valence-corrected chi connectivity index (χ1v) is 7.27. The van der Waals surface area contributed by atoms with Crippen molar-refractivity contribution in [2.75, 3.05) is 19.5 Å². The van der Waals surface area contributed by atoms with Crippen molar-refractivity contribution in [2.24, 2.45) is 0 Å². The van der Waals surface area contributed by atoms with Gasteiger partial charge < -0.3 is 14.8 Å². The van der Waals surface area contributed by atoms with Gasteiger partial charge in [0.1, 0.15) is 17.2 Å². The number of carbonyl (C=O) groups is 1. The van der Waals surface area contributed by atoms with Crippen LogP contribution in [0.1, 0.15) is 28.3 Å². The Bertz CT molecular complexity index is 718. The third kappa shape index (κ3) is 3.26. The highest BCUT2D eigenvalue weighted by Crippen LogP contribution is 2.42. The van der Waals surface area contributed by atoms with Crippen molar-refractivity contribution >= 4 is 11.8 Å².